The van der Waals surface area contributed by atoms with E-state index >= 15 is 0 Å². The van der Waals surface area contributed by atoms with Gasteiger partial charge < -0.3 is 9.90 Å². The summed E-state index contributed by atoms with van der Waals surface area (Å²) in [4.78, 5) is 15.6. The zero-order chi connectivity index (χ0) is 12.0. The summed E-state index contributed by atoms with van der Waals surface area (Å²) in [5, 5.41) is 11.6. The lowest BCUT2D eigenvalue weighted by atomic mass is 10.0. The SMILES string of the molecule is O=C([O-])c1c2c(nc3ccc(F)cc13)CCC2. The number of hydrogen-bond acceptors (Lipinski definition) is 3. The van der Waals surface area contributed by atoms with Crippen LogP contribution < -0.4 is 5.11 Å². The highest BCUT2D eigenvalue weighted by Crippen LogP contribution is 2.29. The molecule has 0 atom stereocenters. The molecule has 0 fully saturated rings. The Labute approximate surface area is 96.9 Å². The van der Waals surface area contributed by atoms with E-state index in [1.54, 1.807) is 0 Å². The Balaban J connectivity index is 2.45. The molecule has 86 valence electrons. The fourth-order valence-corrected chi connectivity index (χ4v) is 2.47. The van der Waals surface area contributed by atoms with Crippen molar-refractivity contribution in [2.24, 2.45) is 0 Å². The van der Waals surface area contributed by atoms with Crippen molar-refractivity contribution >= 4 is 16.9 Å². The molecule has 2 aromatic rings. The van der Waals surface area contributed by atoms with Crippen molar-refractivity contribution in [2.45, 2.75) is 19.3 Å². The number of nitrogens with zero attached hydrogens (tertiary/aromatic N) is 1. The number of pyridine rings is 1. The van der Waals surface area contributed by atoms with Gasteiger partial charge in [-0.05, 0) is 43.0 Å². The number of carboxylic acids is 1. The van der Waals surface area contributed by atoms with Crippen LogP contribution in [0.15, 0.2) is 18.2 Å². The van der Waals surface area contributed by atoms with Crippen molar-refractivity contribution < 1.29 is 14.3 Å². The van der Waals surface area contributed by atoms with Crippen molar-refractivity contribution in [1.29, 1.82) is 0 Å². The number of benzene rings is 1. The van der Waals surface area contributed by atoms with Gasteiger partial charge in [0.15, 0.2) is 0 Å². The largest absolute Gasteiger partial charge is 0.545 e. The van der Waals surface area contributed by atoms with Crippen molar-refractivity contribution in [3.63, 3.8) is 0 Å². The first kappa shape index (κ1) is 10.2. The second kappa shape index (κ2) is 3.52. The molecule has 0 saturated heterocycles. The summed E-state index contributed by atoms with van der Waals surface area (Å²) in [6.45, 7) is 0. The molecule has 0 unspecified atom stereocenters. The molecule has 4 heteroatoms. The number of carbonyl (C=O) groups excluding carboxylic acids is 1. The van der Waals surface area contributed by atoms with Gasteiger partial charge in [0.05, 0.1) is 11.5 Å². The van der Waals surface area contributed by atoms with Gasteiger partial charge in [0.2, 0.25) is 0 Å². The summed E-state index contributed by atoms with van der Waals surface area (Å²) in [7, 11) is 0. The Morgan fingerprint density at radius 2 is 2.18 bits per heavy atom. The van der Waals surface area contributed by atoms with E-state index in [1.807, 2.05) is 0 Å². The first-order valence-electron chi connectivity index (χ1n) is 5.49. The Morgan fingerprint density at radius 1 is 1.35 bits per heavy atom. The van der Waals surface area contributed by atoms with Crippen LogP contribution in [0.1, 0.15) is 28.0 Å². The van der Waals surface area contributed by atoms with Crippen LogP contribution in [0.3, 0.4) is 0 Å². The molecule has 0 saturated carbocycles. The number of aromatic nitrogens is 1. The molecule has 0 bridgehead atoms. The maximum Gasteiger partial charge on any atom is 0.123 e. The average Bonchev–Trinajstić information content (AvgIpc) is 2.72. The Bertz CT molecular complexity index is 637. The maximum atomic E-state index is 13.2. The molecule has 1 heterocycles. The smallest absolute Gasteiger partial charge is 0.123 e. The van der Waals surface area contributed by atoms with Gasteiger partial charge >= 0.3 is 0 Å². The highest BCUT2D eigenvalue weighted by molar-refractivity contribution is 6.03. The average molecular weight is 230 g/mol. The Morgan fingerprint density at radius 3 is 2.94 bits per heavy atom. The molecule has 1 aromatic heterocycles. The lowest BCUT2D eigenvalue weighted by Crippen LogP contribution is -2.24. The topological polar surface area (TPSA) is 53.0 Å². The first-order chi connectivity index (χ1) is 8.16. The van der Waals surface area contributed by atoms with Crippen molar-refractivity contribution in [1.82, 2.24) is 4.98 Å². The van der Waals surface area contributed by atoms with Gasteiger partial charge in [-0.25, -0.2) is 4.39 Å². The van der Waals surface area contributed by atoms with Gasteiger partial charge in [-0.3, -0.25) is 4.98 Å². The van der Waals surface area contributed by atoms with Crippen molar-refractivity contribution in [2.75, 3.05) is 0 Å². The molecule has 0 radical (unpaired) electrons. The van der Waals surface area contributed by atoms with Gasteiger partial charge in [0, 0.05) is 16.6 Å². The highest BCUT2D eigenvalue weighted by Gasteiger charge is 2.20. The minimum absolute atomic E-state index is 0.113. The van der Waals surface area contributed by atoms with Gasteiger partial charge in [-0.1, -0.05) is 0 Å². The lowest BCUT2D eigenvalue weighted by molar-refractivity contribution is -0.254. The molecule has 3 nitrogen and oxygen atoms in total. The predicted octanol–water partition coefficient (Wildman–Crippen LogP) is 1.23. The molecule has 1 aliphatic carbocycles. The molecule has 3 rings (SSSR count). The number of rotatable bonds is 1. The lowest BCUT2D eigenvalue weighted by Gasteiger charge is -2.12. The van der Waals surface area contributed by atoms with E-state index < -0.39 is 11.8 Å². The summed E-state index contributed by atoms with van der Waals surface area (Å²) in [5.41, 5.74) is 2.15. The molecule has 0 spiro atoms. The number of hydrogen-bond donors (Lipinski definition) is 0. The molecule has 1 aliphatic rings. The second-order valence-electron chi connectivity index (χ2n) is 4.21. The molecule has 1 aromatic carbocycles. The van der Waals surface area contributed by atoms with E-state index in [-0.39, 0.29) is 5.56 Å². The second-order valence-corrected chi connectivity index (χ2v) is 4.21. The van der Waals surface area contributed by atoms with Crippen LogP contribution in [0.5, 0.6) is 0 Å². The predicted molar refractivity (Wildman–Crippen MR) is 58.1 cm³/mol. The van der Waals surface area contributed by atoms with E-state index in [1.165, 1.54) is 18.2 Å². The van der Waals surface area contributed by atoms with Crippen LogP contribution >= 0.6 is 0 Å². The fourth-order valence-electron chi connectivity index (χ4n) is 2.47. The maximum absolute atomic E-state index is 13.2. The summed E-state index contributed by atoms with van der Waals surface area (Å²) in [6, 6.07) is 4.01. The van der Waals surface area contributed by atoms with E-state index in [9.17, 15) is 14.3 Å². The summed E-state index contributed by atoms with van der Waals surface area (Å²) in [5.74, 6) is -1.71. The summed E-state index contributed by atoms with van der Waals surface area (Å²) >= 11 is 0. The fraction of sp³-hybridized carbons (Fsp3) is 0.231. The van der Waals surface area contributed by atoms with Gasteiger partial charge in [0.25, 0.3) is 0 Å². The molecule has 0 amide bonds. The van der Waals surface area contributed by atoms with Crippen molar-refractivity contribution in [3.8, 4) is 0 Å². The molecule has 0 N–H and O–H groups in total. The Hall–Kier alpha value is -1.97. The summed E-state index contributed by atoms with van der Waals surface area (Å²) < 4.78 is 13.2. The minimum atomic E-state index is -1.25. The highest BCUT2D eigenvalue weighted by atomic mass is 19.1. The quantitative estimate of drug-likeness (QED) is 0.740. The van der Waals surface area contributed by atoms with E-state index in [2.05, 4.69) is 4.98 Å². The normalized spacial score (nSPS) is 13.9. The number of fused-ring (bicyclic) bond motifs is 2. The zero-order valence-electron chi connectivity index (χ0n) is 9.00. The van der Waals surface area contributed by atoms with Crippen LogP contribution in [0, 0.1) is 5.82 Å². The van der Waals surface area contributed by atoms with Crippen LogP contribution in [-0.2, 0) is 12.8 Å². The molecule has 17 heavy (non-hydrogen) atoms. The number of halogens is 1. The van der Waals surface area contributed by atoms with Crippen LogP contribution in [0.2, 0.25) is 0 Å². The van der Waals surface area contributed by atoms with E-state index in [0.717, 1.165) is 18.5 Å². The number of aryl methyl sites for hydroxylation is 1. The van der Waals surface area contributed by atoms with Crippen LogP contribution in [0.25, 0.3) is 10.9 Å². The minimum Gasteiger partial charge on any atom is -0.545 e. The third kappa shape index (κ3) is 1.48. The first-order valence-corrected chi connectivity index (χ1v) is 5.49. The monoisotopic (exact) mass is 230 g/mol. The summed E-state index contributed by atoms with van der Waals surface area (Å²) in [6.07, 6.45) is 2.35. The number of carboxylic acid groups (broad SMARTS) is 1. The van der Waals surface area contributed by atoms with Gasteiger partial charge in [-0.2, -0.15) is 0 Å². The van der Waals surface area contributed by atoms with E-state index in [0.29, 0.717) is 22.9 Å². The number of aromatic carboxylic acids is 1. The van der Waals surface area contributed by atoms with Crippen molar-refractivity contribution in [3.05, 3.63) is 40.8 Å². The molecular formula is C13H9FNO2-. The van der Waals surface area contributed by atoms with E-state index in [4.69, 9.17) is 0 Å². The van der Waals surface area contributed by atoms with Gasteiger partial charge in [0.1, 0.15) is 5.82 Å². The third-order valence-corrected chi connectivity index (χ3v) is 3.18. The number of carbonyl (C=O) groups is 1. The van der Waals surface area contributed by atoms with Crippen LogP contribution in [-0.4, -0.2) is 11.0 Å². The van der Waals surface area contributed by atoms with Gasteiger partial charge in [-0.15, -0.1) is 0 Å². The molecule has 0 aliphatic heterocycles. The molecular weight excluding hydrogens is 221 g/mol. The van der Waals surface area contributed by atoms with Crippen LogP contribution in [0.4, 0.5) is 4.39 Å². The Kier molecular flexibility index (Phi) is 2.11. The zero-order valence-corrected chi connectivity index (χ0v) is 9.00. The third-order valence-electron chi connectivity index (χ3n) is 3.18. The standard InChI is InChI=1S/C13H10FNO2/c14-7-4-5-11-9(6-7)12(13(16)17)8-2-1-3-10(8)15-11/h4-6H,1-3H2,(H,16,17)/p-1.